The molecule has 6 nitrogen and oxygen atoms in total. The smallest absolute Gasteiger partial charge is 0.261 e. The minimum atomic E-state index is -0.615. The highest BCUT2D eigenvalue weighted by Crippen LogP contribution is 2.28. The molecule has 0 aromatic heterocycles. The minimum Gasteiger partial charge on any atom is -0.497 e. The highest BCUT2D eigenvalue weighted by molar-refractivity contribution is 9.10. The van der Waals surface area contributed by atoms with E-state index in [2.05, 4.69) is 21.2 Å². The molecule has 0 saturated heterocycles. The molecule has 1 N–H and O–H groups in total. The molecule has 2 rings (SSSR count). The molecule has 0 spiro atoms. The molecule has 174 valence electrons. The van der Waals surface area contributed by atoms with Gasteiger partial charge in [0.15, 0.2) is 6.61 Å². The quantitative estimate of drug-likeness (QED) is 0.437. The molecular weight excluding hydrogens is 496 g/mol. The number of rotatable bonds is 11. The summed E-state index contributed by atoms with van der Waals surface area (Å²) in [6, 6.07) is 11.9. The summed E-state index contributed by atoms with van der Waals surface area (Å²) in [6.45, 7) is 5.92. The zero-order valence-corrected chi connectivity index (χ0v) is 21.2. The summed E-state index contributed by atoms with van der Waals surface area (Å²) < 4.78 is 11.6. The predicted molar refractivity (Wildman–Crippen MR) is 130 cm³/mol. The van der Waals surface area contributed by atoms with Gasteiger partial charge in [-0.2, -0.15) is 0 Å². The van der Waals surface area contributed by atoms with Gasteiger partial charge in [-0.1, -0.05) is 37.6 Å². The maximum atomic E-state index is 13.2. The van der Waals surface area contributed by atoms with E-state index in [0.29, 0.717) is 21.7 Å². The summed E-state index contributed by atoms with van der Waals surface area (Å²) in [7, 11) is 1.60. The molecule has 0 aliphatic heterocycles. The standard InChI is InChI=1S/C24H30BrClN2O4/c1-5-16(3)27-24(30)21(6-2)28(14-17-7-10-19(31-4)11-8-17)23(29)15-32-22-12-9-18(26)13-20(22)25/h7-13,16,21H,5-6,14-15H2,1-4H3,(H,27,30)/t16-,21+/m0/s1. The first-order valence-corrected chi connectivity index (χ1v) is 11.8. The van der Waals surface area contributed by atoms with Crippen LogP contribution in [-0.2, 0) is 16.1 Å². The summed E-state index contributed by atoms with van der Waals surface area (Å²) >= 11 is 9.37. The third kappa shape index (κ3) is 7.41. The zero-order chi connectivity index (χ0) is 23.7. The SMILES string of the molecule is CC[C@H](C(=O)N[C@@H](C)CC)N(Cc1ccc(OC)cc1)C(=O)COc1ccc(Cl)cc1Br. The number of carbonyl (C=O) groups excluding carboxylic acids is 2. The van der Waals surface area contributed by atoms with Crippen molar-refractivity contribution in [2.75, 3.05) is 13.7 Å². The highest BCUT2D eigenvalue weighted by atomic mass is 79.9. The van der Waals surface area contributed by atoms with Crippen LogP contribution in [0.25, 0.3) is 0 Å². The van der Waals surface area contributed by atoms with Gasteiger partial charge in [-0.15, -0.1) is 0 Å². The van der Waals surface area contributed by atoms with E-state index in [1.54, 1.807) is 30.2 Å². The van der Waals surface area contributed by atoms with Crippen LogP contribution in [0.15, 0.2) is 46.9 Å². The van der Waals surface area contributed by atoms with Crippen LogP contribution < -0.4 is 14.8 Å². The molecule has 0 radical (unpaired) electrons. The van der Waals surface area contributed by atoms with Gasteiger partial charge in [0.1, 0.15) is 17.5 Å². The number of nitrogens with one attached hydrogen (secondary N) is 1. The van der Waals surface area contributed by atoms with Crippen molar-refractivity contribution in [1.29, 1.82) is 0 Å². The number of hydrogen-bond acceptors (Lipinski definition) is 4. The topological polar surface area (TPSA) is 67.9 Å². The van der Waals surface area contributed by atoms with Gasteiger partial charge < -0.3 is 19.7 Å². The number of hydrogen-bond donors (Lipinski definition) is 1. The lowest BCUT2D eigenvalue weighted by Gasteiger charge is -2.31. The van der Waals surface area contributed by atoms with Crippen LogP contribution in [0.2, 0.25) is 5.02 Å². The summed E-state index contributed by atoms with van der Waals surface area (Å²) in [4.78, 5) is 27.8. The second-order valence-corrected chi connectivity index (χ2v) is 8.77. The minimum absolute atomic E-state index is 0.0239. The van der Waals surface area contributed by atoms with Crippen molar-refractivity contribution in [3.63, 3.8) is 0 Å². The molecule has 0 unspecified atom stereocenters. The lowest BCUT2D eigenvalue weighted by atomic mass is 10.1. The summed E-state index contributed by atoms with van der Waals surface area (Å²) in [6.07, 6.45) is 1.29. The van der Waals surface area contributed by atoms with Gasteiger partial charge in [0.2, 0.25) is 5.91 Å². The number of ether oxygens (including phenoxy) is 2. The first-order valence-electron chi connectivity index (χ1n) is 10.6. The average molecular weight is 526 g/mol. The fourth-order valence-corrected chi connectivity index (χ4v) is 3.90. The Morgan fingerprint density at radius 1 is 1.12 bits per heavy atom. The summed E-state index contributed by atoms with van der Waals surface area (Å²) in [5.74, 6) is 0.776. The Hall–Kier alpha value is -2.25. The van der Waals surface area contributed by atoms with E-state index in [1.807, 2.05) is 45.0 Å². The van der Waals surface area contributed by atoms with Crippen LogP contribution in [0.5, 0.6) is 11.5 Å². The lowest BCUT2D eigenvalue weighted by Crippen LogP contribution is -2.51. The predicted octanol–water partition coefficient (Wildman–Crippen LogP) is 5.21. The average Bonchev–Trinajstić information content (AvgIpc) is 2.78. The number of halogens is 2. The fourth-order valence-electron chi connectivity index (χ4n) is 3.10. The van der Waals surface area contributed by atoms with Crippen LogP contribution in [0.4, 0.5) is 0 Å². The van der Waals surface area contributed by atoms with Crippen molar-refractivity contribution < 1.29 is 19.1 Å². The van der Waals surface area contributed by atoms with Crippen molar-refractivity contribution in [1.82, 2.24) is 10.2 Å². The molecule has 0 bridgehead atoms. The van der Waals surface area contributed by atoms with Crippen molar-refractivity contribution >= 4 is 39.3 Å². The van der Waals surface area contributed by atoms with E-state index >= 15 is 0 Å². The number of carbonyl (C=O) groups is 2. The second kappa shape index (κ2) is 12.7. The van der Waals surface area contributed by atoms with E-state index in [4.69, 9.17) is 21.1 Å². The third-order valence-corrected chi connectivity index (χ3v) is 6.00. The third-order valence-electron chi connectivity index (χ3n) is 5.14. The van der Waals surface area contributed by atoms with E-state index in [0.717, 1.165) is 17.7 Å². The molecule has 0 saturated carbocycles. The van der Waals surface area contributed by atoms with Crippen LogP contribution in [-0.4, -0.2) is 42.5 Å². The Kier molecular flexibility index (Phi) is 10.3. The Labute approximate surface area is 203 Å². The van der Waals surface area contributed by atoms with E-state index < -0.39 is 6.04 Å². The van der Waals surface area contributed by atoms with Crippen LogP contribution in [0.1, 0.15) is 39.2 Å². The zero-order valence-electron chi connectivity index (χ0n) is 18.9. The lowest BCUT2D eigenvalue weighted by molar-refractivity contribution is -0.143. The monoisotopic (exact) mass is 524 g/mol. The van der Waals surface area contributed by atoms with Crippen LogP contribution in [0, 0.1) is 0 Å². The fraction of sp³-hybridized carbons (Fsp3) is 0.417. The molecule has 0 heterocycles. The van der Waals surface area contributed by atoms with Gasteiger partial charge in [-0.3, -0.25) is 9.59 Å². The maximum Gasteiger partial charge on any atom is 0.261 e. The Morgan fingerprint density at radius 2 is 1.81 bits per heavy atom. The number of benzene rings is 2. The summed E-state index contributed by atoms with van der Waals surface area (Å²) in [5.41, 5.74) is 0.890. The van der Waals surface area contributed by atoms with Gasteiger partial charge >= 0.3 is 0 Å². The van der Waals surface area contributed by atoms with Gasteiger partial charge in [-0.05, 0) is 71.6 Å². The molecule has 0 aliphatic rings. The largest absolute Gasteiger partial charge is 0.497 e. The van der Waals surface area contributed by atoms with Gasteiger partial charge in [0.25, 0.3) is 5.91 Å². The highest BCUT2D eigenvalue weighted by Gasteiger charge is 2.29. The molecule has 2 atom stereocenters. The van der Waals surface area contributed by atoms with Crippen molar-refractivity contribution in [3.8, 4) is 11.5 Å². The number of nitrogens with zero attached hydrogens (tertiary/aromatic N) is 1. The van der Waals surface area contributed by atoms with E-state index in [1.165, 1.54) is 0 Å². The van der Waals surface area contributed by atoms with Crippen LogP contribution in [0.3, 0.4) is 0 Å². The van der Waals surface area contributed by atoms with Crippen LogP contribution >= 0.6 is 27.5 Å². The molecule has 8 heteroatoms. The molecule has 32 heavy (non-hydrogen) atoms. The van der Waals surface area contributed by atoms with Gasteiger partial charge in [0.05, 0.1) is 11.6 Å². The Bertz CT molecular complexity index is 907. The van der Waals surface area contributed by atoms with E-state index in [-0.39, 0.29) is 31.0 Å². The number of methoxy groups -OCH3 is 1. The van der Waals surface area contributed by atoms with Crippen molar-refractivity contribution in [2.45, 2.75) is 52.2 Å². The molecule has 2 amide bonds. The summed E-state index contributed by atoms with van der Waals surface area (Å²) in [5, 5.41) is 3.55. The Balaban J connectivity index is 2.23. The van der Waals surface area contributed by atoms with Crippen molar-refractivity contribution in [3.05, 3.63) is 57.5 Å². The molecular formula is C24H30BrClN2O4. The maximum absolute atomic E-state index is 13.2. The first kappa shape index (κ1) is 26.0. The van der Waals surface area contributed by atoms with Crippen molar-refractivity contribution in [2.24, 2.45) is 0 Å². The Morgan fingerprint density at radius 3 is 2.38 bits per heavy atom. The molecule has 2 aromatic carbocycles. The first-order chi connectivity index (χ1) is 15.3. The normalized spacial score (nSPS) is 12.6. The molecule has 0 aliphatic carbocycles. The van der Waals surface area contributed by atoms with Gasteiger partial charge in [0, 0.05) is 17.6 Å². The molecule has 0 fully saturated rings. The van der Waals surface area contributed by atoms with E-state index in [9.17, 15) is 9.59 Å². The molecule has 2 aromatic rings. The van der Waals surface area contributed by atoms with Gasteiger partial charge in [-0.25, -0.2) is 0 Å². The number of amides is 2. The second-order valence-electron chi connectivity index (χ2n) is 7.48.